The van der Waals surface area contributed by atoms with Crippen molar-refractivity contribution in [2.45, 2.75) is 4.90 Å². The first kappa shape index (κ1) is 14.0. The topological polar surface area (TPSA) is 0 Å². The molecule has 0 aliphatic carbocycles. The standard InChI is InChI=1S/C17H14S.ClH/c1-2-6-14(7-3-1)10-11-15-12-13-18-17-9-5-4-8-16(15)17;/h1-12H,13H2;1H. The van der Waals surface area contributed by atoms with Crippen molar-refractivity contribution in [2.24, 2.45) is 0 Å². The predicted molar refractivity (Wildman–Crippen MR) is 81.8 cm³/mol. The number of allylic oxidation sites excluding steroid dienone is 2. The van der Waals surface area contributed by atoms with Gasteiger partial charge in [-0.15, -0.1) is 0 Å². The number of hydrogen-bond donors (Lipinski definition) is 0. The minimum atomic E-state index is 0. The molecule has 0 unspecified atom stereocenters. The zero-order valence-electron chi connectivity index (χ0n) is 10.5. The van der Waals surface area contributed by atoms with Crippen molar-refractivity contribution in [3.8, 4) is 0 Å². The third-order valence-corrected chi connectivity index (χ3v) is 4.14. The van der Waals surface area contributed by atoms with Crippen molar-refractivity contribution in [3.05, 3.63) is 77.9 Å². The zero-order chi connectivity index (χ0) is 12.2. The van der Waals surface area contributed by atoms with Crippen LogP contribution in [-0.2, 0) is 11.8 Å². The lowest BCUT2D eigenvalue weighted by Crippen LogP contribution is -3.00. The quantitative estimate of drug-likeness (QED) is 0.570. The Balaban J connectivity index is 0.00000133. The van der Waals surface area contributed by atoms with Crippen molar-refractivity contribution in [1.29, 1.82) is 0 Å². The van der Waals surface area contributed by atoms with Crippen LogP contribution in [0.25, 0.3) is 11.6 Å². The van der Waals surface area contributed by atoms with Crippen LogP contribution in [0.2, 0.25) is 0 Å². The monoisotopic (exact) mass is 286 g/mol. The van der Waals surface area contributed by atoms with Crippen LogP contribution >= 0.6 is 0 Å². The van der Waals surface area contributed by atoms with Gasteiger partial charge in [0.25, 0.3) is 0 Å². The maximum Gasteiger partial charge on any atom is 0.160 e. The van der Waals surface area contributed by atoms with Crippen LogP contribution < -0.4 is 12.4 Å². The van der Waals surface area contributed by atoms with Gasteiger partial charge < -0.3 is 12.4 Å². The van der Waals surface area contributed by atoms with Gasteiger partial charge in [0.1, 0.15) is 5.75 Å². The van der Waals surface area contributed by atoms with E-state index in [1.807, 2.05) is 6.07 Å². The second kappa shape index (κ2) is 6.65. The maximum absolute atomic E-state index is 2.32. The van der Waals surface area contributed by atoms with Crippen molar-refractivity contribution < 1.29 is 12.4 Å². The molecule has 0 spiro atoms. The molecule has 0 aromatic heterocycles. The fourth-order valence-electron chi connectivity index (χ4n) is 2.12. The number of rotatable bonds is 2. The molecule has 0 N–H and O–H groups in total. The van der Waals surface area contributed by atoms with E-state index in [1.165, 1.54) is 33.4 Å². The Hall–Kier alpha value is -1.44. The van der Waals surface area contributed by atoms with Gasteiger partial charge in [-0.1, -0.05) is 54.6 Å². The van der Waals surface area contributed by atoms with Gasteiger partial charge in [0.15, 0.2) is 4.90 Å². The molecule has 1 aliphatic rings. The first-order valence-corrected chi connectivity index (χ1v) is 7.22. The molecule has 0 atom stereocenters. The maximum atomic E-state index is 2.32. The molecule has 2 heteroatoms. The number of thiol groups is 1. The van der Waals surface area contributed by atoms with Crippen molar-refractivity contribution >= 4 is 23.4 Å². The molecule has 3 rings (SSSR count). The molecule has 0 saturated carbocycles. The zero-order valence-corrected chi connectivity index (χ0v) is 12.1. The van der Waals surface area contributed by atoms with Gasteiger partial charge >= 0.3 is 0 Å². The van der Waals surface area contributed by atoms with Crippen LogP contribution in [0.4, 0.5) is 0 Å². The van der Waals surface area contributed by atoms with E-state index in [2.05, 4.69) is 66.8 Å². The first-order valence-electron chi connectivity index (χ1n) is 6.14. The fourth-order valence-corrected chi connectivity index (χ4v) is 3.17. The average Bonchev–Trinajstić information content (AvgIpc) is 2.46. The summed E-state index contributed by atoms with van der Waals surface area (Å²) in [6.45, 7) is 0. The van der Waals surface area contributed by atoms with Crippen molar-refractivity contribution in [3.63, 3.8) is 0 Å². The highest BCUT2D eigenvalue weighted by Crippen LogP contribution is 2.26. The highest BCUT2D eigenvalue weighted by molar-refractivity contribution is 7.78. The summed E-state index contributed by atoms with van der Waals surface area (Å²) in [5.74, 6) is 1.12. The lowest BCUT2D eigenvalue weighted by Gasteiger charge is -2.08. The molecule has 2 aromatic rings. The summed E-state index contributed by atoms with van der Waals surface area (Å²) in [5, 5.41) is 0. The SMILES string of the molecule is C(=Cc1ccccc1)C1=CC[SH+]c2ccccc21.[Cl-]. The van der Waals surface area contributed by atoms with Crippen LogP contribution in [-0.4, -0.2) is 5.75 Å². The number of hydrogen-bond acceptors (Lipinski definition) is 0. The predicted octanol–water partition coefficient (Wildman–Crippen LogP) is 0.975. The second-order valence-electron chi connectivity index (χ2n) is 4.26. The van der Waals surface area contributed by atoms with Gasteiger partial charge in [-0.3, -0.25) is 0 Å². The van der Waals surface area contributed by atoms with Crippen LogP contribution in [0, 0.1) is 0 Å². The van der Waals surface area contributed by atoms with Crippen LogP contribution in [0.3, 0.4) is 0 Å². The molecular formula is C17H15ClS. The molecule has 0 saturated heterocycles. The summed E-state index contributed by atoms with van der Waals surface area (Å²) < 4.78 is 0. The highest BCUT2D eigenvalue weighted by Gasteiger charge is 2.15. The largest absolute Gasteiger partial charge is 1.00 e. The molecule has 0 radical (unpaired) electrons. The van der Waals surface area contributed by atoms with Crippen molar-refractivity contribution in [1.82, 2.24) is 0 Å². The molecule has 1 heterocycles. The minimum Gasteiger partial charge on any atom is -1.00 e. The average molecular weight is 287 g/mol. The molecular weight excluding hydrogens is 272 g/mol. The molecule has 0 fully saturated rings. The molecule has 2 aromatic carbocycles. The van der Waals surface area contributed by atoms with Crippen LogP contribution in [0.5, 0.6) is 0 Å². The number of fused-ring (bicyclic) bond motifs is 1. The Morgan fingerprint density at radius 3 is 2.42 bits per heavy atom. The van der Waals surface area contributed by atoms with Gasteiger partial charge in [0.05, 0.1) is 0 Å². The van der Waals surface area contributed by atoms with E-state index in [0.717, 1.165) is 5.75 Å². The van der Waals surface area contributed by atoms with E-state index >= 15 is 0 Å². The molecule has 96 valence electrons. The Morgan fingerprint density at radius 1 is 0.842 bits per heavy atom. The Labute approximate surface area is 124 Å². The van der Waals surface area contributed by atoms with E-state index < -0.39 is 0 Å². The second-order valence-corrected chi connectivity index (χ2v) is 5.42. The molecule has 0 nitrogen and oxygen atoms in total. The lowest BCUT2D eigenvalue weighted by molar-refractivity contribution is -0.00000338. The third kappa shape index (κ3) is 3.31. The Kier molecular flexibility index (Phi) is 4.89. The third-order valence-electron chi connectivity index (χ3n) is 3.04. The Morgan fingerprint density at radius 2 is 1.58 bits per heavy atom. The van der Waals surface area contributed by atoms with E-state index in [1.54, 1.807) is 0 Å². The molecule has 1 aliphatic heterocycles. The lowest BCUT2D eigenvalue weighted by atomic mass is 10.0. The van der Waals surface area contributed by atoms with E-state index in [4.69, 9.17) is 0 Å². The molecule has 0 bridgehead atoms. The molecule has 0 amide bonds. The van der Waals surface area contributed by atoms with Crippen LogP contribution in [0.15, 0.2) is 71.6 Å². The van der Waals surface area contributed by atoms with Crippen LogP contribution in [0.1, 0.15) is 11.1 Å². The summed E-state index contributed by atoms with van der Waals surface area (Å²) in [6.07, 6.45) is 6.73. The van der Waals surface area contributed by atoms with Gasteiger partial charge in [0.2, 0.25) is 0 Å². The summed E-state index contributed by atoms with van der Waals surface area (Å²) >= 11 is 1.41. The smallest absolute Gasteiger partial charge is 0.160 e. The highest BCUT2D eigenvalue weighted by atomic mass is 35.5. The Bertz CT molecular complexity index is 600. The van der Waals surface area contributed by atoms with Crippen molar-refractivity contribution in [2.75, 3.05) is 5.75 Å². The van der Waals surface area contributed by atoms with E-state index in [-0.39, 0.29) is 12.4 Å². The van der Waals surface area contributed by atoms with Gasteiger partial charge in [-0.2, -0.15) is 0 Å². The normalized spacial score (nSPS) is 13.6. The summed E-state index contributed by atoms with van der Waals surface area (Å²) in [5.41, 5.74) is 3.96. The minimum absolute atomic E-state index is 0. The van der Waals surface area contributed by atoms with Gasteiger partial charge in [0, 0.05) is 17.3 Å². The summed E-state index contributed by atoms with van der Waals surface area (Å²) in [4.78, 5) is 1.44. The fraction of sp³-hybridized carbons (Fsp3) is 0.0588. The number of benzene rings is 2. The van der Waals surface area contributed by atoms with Gasteiger partial charge in [-0.05, 0) is 29.3 Å². The van der Waals surface area contributed by atoms with E-state index in [0.29, 0.717) is 0 Å². The molecule has 19 heavy (non-hydrogen) atoms. The van der Waals surface area contributed by atoms with Gasteiger partial charge in [-0.25, -0.2) is 0 Å². The number of halogens is 1. The van der Waals surface area contributed by atoms with E-state index in [9.17, 15) is 0 Å². The first-order chi connectivity index (χ1) is 8.93. The summed E-state index contributed by atoms with van der Waals surface area (Å²) in [6, 6.07) is 19.1. The summed E-state index contributed by atoms with van der Waals surface area (Å²) in [7, 11) is 0.